The molecule has 22 heavy (non-hydrogen) atoms. The number of nitrogens with zero attached hydrogens (tertiary/aromatic N) is 2. The second kappa shape index (κ2) is 5.38. The fraction of sp³-hybridized carbons (Fsp3) is 0.125. The van der Waals surface area contributed by atoms with Crippen molar-refractivity contribution in [2.75, 3.05) is 6.26 Å². The molecule has 3 aromatic rings. The maximum atomic E-state index is 12.2. The molecule has 5 nitrogen and oxygen atoms in total. The first kappa shape index (κ1) is 14.5. The van der Waals surface area contributed by atoms with Crippen molar-refractivity contribution in [1.29, 1.82) is 0 Å². The monoisotopic (exact) mass is 313 g/mol. The fourth-order valence-electron chi connectivity index (χ4n) is 2.57. The molecular weight excluding hydrogens is 298 g/mol. The molecule has 0 aromatic carbocycles. The number of aromatic amines is 1. The highest BCUT2D eigenvalue weighted by molar-refractivity contribution is 7.91. The van der Waals surface area contributed by atoms with E-state index in [4.69, 9.17) is 0 Å². The van der Waals surface area contributed by atoms with Crippen molar-refractivity contribution in [2.24, 2.45) is 0 Å². The maximum absolute atomic E-state index is 12.2. The average Bonchev–Trinajstić information content (AvgIpc) is 2.87. The summed E-state index contributed by atoms with van der Waals surface area (Å²) in [6.45, 7) is 1.81. The Morgan fingerprint density at radius 1 is 0.864 bits per heavy atom. The van der Waals surface area contributed by atoms with Gasteiger partial charge >= 0.3 is 0 Å². The highest BCUT2D eigenvalue weighted by atomic mass is 32.2. The van der Waals surface area contributed by atoms with Crippen LogP contribution >= 0.6 is 0 Å². The zero-order chi connectivity index (χ0) is 15.7. The second-order valence-electron chi connectivity index (χ2n) is 5.07. The Morgan fingerprint density at radius 2 is 1.32 bits per heavy atom. The molecule has 0 amide bonds. The summed E-state index contributed by atoms with van der Waals surface area (Å²) >= 11 is 0. The molecule has 0 spiro atoms. The van der Waals surface area contributed by atoms with Crippen molar-refractivity contribution in [3.8, 4) is 22.5 Å². The molecule has 3 heterocycles. The molecule has 0 saturated carbocycles. The summed E-state index contributed by atoms with van der Waals surface area (Å²) in [5, 5.41) is 0. The SMILES string of the molecule is Cc1c(-c2ccncc2)[nH]c(-c2ccncc2)c1S(C)(=O)=O. The number of nitrogens with one attached hydrogen (secondary N) is 1. The van der Waals surface area contributed by atoms with Crippen molar-refractivity contribution < 1.29 is 8.42 Å². The third-order valence-corrected chi connectivity index (χ3v) is 4.75. The van der Waals surface area contributed by atoms with Gasteiger partial charge in [0, 0.05) is 42.2 Å². The molecule has 0 atom stereocenters. The van der Waals surface area contributed by atoms with E-state index < -0.39 is 9.84 Å². The Labute approximate surface area is 129 Å². The van der Waals surface area contributed by atoms with Gasteiger partial charge in [-0.1, -0.05) is 0 Å². The van der Waals surface area contributed by atoms with E-state index in [1.165, 1.54) is 6.26 Å². The largest absolute Gasteiger partial charge is 0.353 e. The molecule has 0 aliphatic heterocycles. The van der Waals surface area contributed by atoms with Gasteiger partial charge in [0.2, 0.25) is 0 Å². The molecule has 0 aliphatic rings. The van der Waals surface area contributed by atoms with Crippen LogP contribution in [0.3, 0.4) is 0 Å². The van der Waals surface area contributed by atoms with Gasteiger partial charge in [-0.25, -0.2) is 8.42 Å². The van der Waals surface area contributed by atoms with E-state index in [1.54, 1.807) is 36.9 Å². The van der Waals surface area contributed by atoms with E-state index in [1.807, 2.05) is 19.1 Å². The third kappa shape index (κ3) is 2.53. The van der Waals surface area contributed by atoms with Crippen molar-refractivity contribution in [3.63, 3.8) is 0 Å². The van der Waals surface area contributed by atoms with Crippen LogP contribution in [-0.4, -0.2) is 29.6 Å². The summed E-state index contributed by atoms with van der Waals surface area (Å²) in [6, 6.07) is 7.27. The molecular formula is C16H15N3O2S. The number of aromatic nitrogens is 3. The van der Waals surface area contributed by atoms with Crippen LogP contribution in [0.15, 0.2) is 53.9 Å². The third-order valence-electron chi connectivity index (χ3n) is 3.50. The lowest BCUT2D eigenvalue weighted by atomic mass is 10.1. The van der Waals surface area contributed by atoms with Crippen LogP contribution in [0.2, 0.25) is 0 Å². The molecule has 112 valence electrons. The summed E-state index contributed by atoms with van der Waals surface area (Å²) < 4.78 is 24.5. The average molecular weight is 313 g/mol. The van der Waals surface area contributed by atoms with Crippen molar-refractivity contribution >= 4 is 9.84 Å². The lowest BCUT2D eigenvalue weighted by Gasteiger charge is -2.03. The number of hydrogen-bond donors (Lipinski definition) is 1. The summed E-state index contributed by atoms with van der Waals surface area (Å²) in [5.74, 6) is 0. The van der Waals surface area contributed by atoms with Crippen LogP contribution < -0.4 is 0 Å². The summed E-state index contributed by atoms with van der Waals surface area (Å²) in [7, 11) is -3.37. The zero-order valence-corrected chi connectivity index (χ0v) is 13.1. The Kier molecular flexibility index (Phi) is 3.54. The van der Waals surface area contributed by atoms with E-state index in [0.717, 1.165) is 16.8 Å². The molecule has 1 N–H and O–H groups in total. The van der Waals surface area contributed by atoms with Crippen molar-refractivity contribution in [3.05, 3.63) is 54.6 Å². The minimum absolute atomic E-state index is 0.325. The quantitative estimate of drug-likeness (QED) is 0.806. The maximum Gasteiger partial charge on any atom is 0.177 e. The summed E-state index contributed by atoms with van der Waals surface area (Å²) in [5.41, 5.74) is 3.78. The van der Waals surface area contributed by atoms with Crippen molar-refractivity contribution in [2.45, 2.75) is 11.8 Å². The molecule has 0 saturated heterocycles. The Bertz CT molecular complexity index is 901. The van der Waals surface area contributed by atoms with Crippen LogP contribution in [0.5, 0.6) is 0 Å². The summed E-state index contributed by atoms with van der Waals surface area (Å²) in [4.78, 5) is 11.6. The van der Waals surface area contributed by atoms with Gasteiger partial charge in [0.05, 0.1) is 16.3 Å². The standard InChI is InChI=1S/C16H15N3O2S/c1-11-14(12-3-7-17-8-4-12)19-15(16(11)22(2,20)21)13-5-9-18-10-6-13/h3-10,19H,1-2H3. The minimum atomic E-state index is -3.37. The topological polar surface area (TPSA) is 75.7 Å². The van der Waals surface area contributed by atoms with Gasteiger partial charge in [-0.15, -0.1) is 0 Å². The van der Waals surface area contributed by atoms with Crippen LogP contribution in [0, 0.1) is 6.92 Å². The molecule has 0 unspecified atom stereocenters. The lowest BCUT2D eigenvalue weighted by molar-refractivity contribution is 0.602. The molecule has 0 aliphatic carbocycles. The molecule has 3 aromatic heterocycles. The second-order valence-corrected chi connectivity index (χ2v) is 7.03. The molecule has 0 radical (unpaired) electrons. The molecule has 0 fully saturated rings. The van der Waals surface area contributed by atoms with E-state index in [9.17, 15) is 8.42 Å². The number of sulfone groups is 1. The number of pyridine rings is 2. The van der Waals surface area contributed by atoms with Crippen LogP contribution in [0.4, 0.5) is 0 Å². The molecule has 6 heteroatoms. The van der Waals surface area contributed by atoms with Crippen molar-refractivity contribution in [1.82, 2.24) is 15.0 Å². The van der Waals surface area contributed by atoms with Gasteiger partial charge in [0.15, 0.2) is 9.84 Å². The zero-order valence-electron chi connectivity index (χ0n) is 12.2. The lowest BCUT2D eigenvalue weighted by Crippen LogP contribution is -2.00. The first-order chi connectivity index (χ1) is 10.5. The Hall–Kier alpha value is -2.47. The van der Waals surface area contributed by atoms with Gasteiger partial charge < -0.3 is 4.98 Å². The van der Waals surface area contributed by atoms with Gasteiger partial charge in [0.1, 0.15) is 0 Å². The smallest absolute Gasteiger partial charge is 0.177 e. The van der Waals surface area contributed by atoms with Gasteiger partial charge in [0.25, 0.3) is 0 Å². The number of rotatable bonds is 3. The number of H-pyrrole nitrogens is 1. The number of hydrogen-bond acceptors (Lipinski definition) is 4. The van der Waals surface area contributed by atoms with E-state index in [0.29, 0.717) is 16.2 Å². The minimum Gasteiger partial charge on any atom is -0.353 e. The first-order valence-corrected chi connectivity index (χ1v) is 8.61. The molecule has 3 rings (SSSR count). The van der Waals surface area contributed by atoms with Gasteiger partial charge in [-0.05, 0) is 36.8 Å². The fourth-order valence-corrected chi connectivity index (χ4v) is 3.77. The molecule has 0 bridgehead atoms. The highest BCUT2D eigenvalue weighted by Gasteiger charge is 2.23. The van der Waals surface area contributed by atoms with Crippen LogP contribution in [0.1, 0.15) is 5.56 Å². The normalized spacial score (nSPS) is 11.5. The Morgan fingerprint density at radius 3 is 1.77 bits per heavy atom. The van der Waals surface area contributed by atoms with E-state index >= 15 is 0 Å². The van der Waals surface area contributed by atoms with Crippen LogP contribution in [-0.2, 0) is 9.84 Å². The highest BCUT2D eigenvalue weighted by Crippen LogP contribution is 2.35. The summed E-state index contributed by atoms with van der Waals surface area (Å²) in [6.07, 6.45) is 7.88. The first-order valence-electron chi connectivity index (χ1n) is 6.72. The van der Waals surface area contributed by atoms with E-state index in [2.05, 4.69) is 15.0 Å². The van der Waals surface area contributed by atoms with Gasteiger partial charge in [-0.2, -0.15) is 0 Å². The van der Waals surface area contributed by atoms with E-state index in [-0.39, 0.29) is 0 Å². The van der Waals surface area contributed by atoms with Crippen LogP contribution in [0.25, 0.3) is 22.5 Å². The Balaban J connectivity index is 2.31. The predicted molar refractivity (Wildman–Crippen MR) is 85.1 cm³/mol. The van der Waals surface area contributed by atoms with Gasteiger partial charge in [-0.3, -0.25) is 9.97 Å². The predicted octanol–water partition coefficient (Wildman–Crippen LogP) is 2.85.